The van der Waals surface area contributed by atoms with Gasteiger partial charge in [0.15, 0.2) is 0 Å². The summed E-state index contributed by atoms with van der Waals surface area (Å²) in [4.78, 5) is 11.2. The minimum absolute atomic E-state index is 0.184. The normalized spacial score (nSPS) is 9.74. The number of ether oxygens (including phenoxy) is 2. The van der Waals surface area contributed by atoms with Crippen molar-refractivity contribution in [1.82, 2.24) is 0 Å². The molecule has 0 saturated heterocycles. The zero-order valence-electron chi connectivity index (χ0n) is 12.9. The molecule has 0 saturated carbocycles. The fourth-order valence-electron chi connectivity index (χ4n) is 1.90. The van der Waals surface area contributed by atoms with Gasteiger partial charge in [-0.2, -0.15) is 5.26 Å². The molecule has 4 nitrogen and oxygen atoms in total. The van der Waals surface area contributed by atoms with E-state index in [1.165, 1.54) is 0 Å². The first-order valence-electron chi connectivity index (χ1n) is 7.16. The molecule has 23 heavy (non-hydrogen) atoms. The Morgan fingerprint density at radius 1 is 1.04 bits per heavy atom. The quantitative estimate of drug-likeness (QED) is 0.463. The number of rotatable bonds is 6. The highest BCUT2D eigenvalue weighted by molar-refractivity contribution is 5.86. The van der Waals surface area contributed by atoms with Gasteiger partial charge in [0.2, 0.25) is 0 Å². The molecule has 2 aromatic carbocycles. The van der Waals surface area contributed by atoms with Crippen molar-refractivity contribution in [2.75, 3.05) is 13.2 Å². The second-order valence-corrected chi connectivity index (χ2v) is 4.98. The predicted octanol–water partition coefficient (Wildman–Crippen LogP) is 3.72. The Hall–Kier alpha value is -3.06. The van der Waals surface area contributed by atoms with Crippen LogP contribution in [0.15, 0.2) is 60.7 Å². The van der Waals surface area contributed by atoms with Crippen LogP contribution in [0.5, 0.6) is 5.75 Å². The molecular weight excluding hydrogens is 290 g/mol. The van der Waals surface area contributed by atoms with Crippen molar-refractivity contribution < 1.29 is 14.3 Å². The van der Waals surface area contributed by atoms with E-state index in [-0.39, 0.29) is 13.2 Å². The number of carbonyl (C=O) groups is 1. The van der Waals surface area contributed by atoms with E-state index < -0.39 is 5.97 Å². The highest BCUT2D eigenvalue weighted by atomic mass is 16.6. The SMILES string of the molecule is C=C(C)C(=O)OCCOc1ccc(-c2ccc(C#N)cc2)cc1. The van der Waals surface area contributed by atoms with Crippen LogP contribution < -0.4 is 4.74 Å². The summed E-state index contributed by atoms with van der Waals surface area (Å²) in [5.41, 5.74) is 3.08. The first-order valence-corrected chi connectivity index (χ1v) is 7.16. The van der Waals surface area contributed by atoms with Gasteiger partial charge in [-0.3, -0.25) is 0 Å². The van der Waals surface area contributed by atoms with Crippen molar-refractivity contribution in [2.24, 2.45) is 0 Å². The third-order valence-corrected chi connectivity index (χ3v) is 3.14. The fraction of sp³-hybridized carbons (Fsp3) is 0.158. The van der Waals surface area contributed by atoms with Crippen LogP contribution >= 0.6 is 0 Å². The number of nitriles is 1. The molecule has 0 bridgehead atoms. The molecule has 0 radical (unpaired) electrons. The lowest BCUT2D eigenvalue weighted by molar-refractivity contribution is -0.139. The number of nitrogens with zero attached hydrogens (tertiary/aromatic N) is 1. The second-order valence-electron chi connectivity index (χ2n) is 4.98. The number of hydrogen-bond acceptors (Lipinski definition) is 4. The maximum Gasteiger partial charge on any atom is 0.333 e. The molecule has 4 heteroatoms. The molecule has 0 aliphatic rings. The number of carbonyl (C=O) groups excluding carboxylic acids is 1. The second kappa shape index (κ2) is 7.81. The van der Waals surface area contributed by atoms with Crippen LogP contribution in [-0.2, 0) is 9.53 Å². The summed E-state index contributed by atoms with van der Waals surface area (Å²) in [6.07, 6.45) is 0. The van der Waals surface area contributed by atoms with E-state index in [1.807, 2.05) is 36.4 Å². The van der Waals surface area contributed by atoms with Crippen LogP contribution in [0.2, 0.25) is 0 Å². The summed E-state index contributed by atoms with van der Waals surface area (Å²) in [5.74, 6) is 0.290. The third kappa shape index (κ3) is 4.72. The van der Waals surface area contributed by atoms with Crippen molar-refractivity contribution in [3.63, 3.8) is 0 Å². The maximum atomic E-state index is 11.2. The van der Waals surface area contributed by atoms with Crippen LogP contribution in [0, 0.1) is 11.3 Å². The van der Waals surface area contributed by atoms with Gasteiger partial charge in [-0.1, -0.05) is 30.8 Å². The Kier molecular flexibility index (Phi) is 5.54. The van der Waals surface area contributed by atoms with Crippen molar-refractivity contribution in [2.45, 2.75) is 6.92 Å². The average Bonchev–Trinajstić information content (AvgIpc) is 2.59. The number of esters is 1. The van der Waals surface area contributed by atoms with Gasteiger partial charge in [0, 0.05) is 5.57 Å². The molecule has 0 fully saturated rings. The van der Waals surface area contributed by atoms with Crippen LogP contribution in [0.1, 0.15) is 12.5 Å². The molecular formula is C19H17NO3. The molecule has 116 valence electrons. The van der Waals surface area contributed by atoms with Gasteiger partial charge in [-0.15, -0.1) is 0 Å². The Morgan fingerprint density at radius 2 is 1.61 bits per heavy atom. The fourth-order valence-corrected chi connectivity index (χ4v) is 1.90. The predicted molar refractivity (Wildman–Crippen MR) is 87.9 cm³/mol. The molecule has 0 heterocycles. The van der Waals surface area contributed by atoms with E-state index in [4.69, 9.17) is 14.7 Å². The maximum absolute atomic E-state index is 11.2. The van der Waals surface area contributed by atoms with Gasteiger partial charge >= 0.3 is 5.97 Å². The van der Waals surface area contributed by atoms with Crippen LogP contribution in [0.4, 0.5) is 0 Å². The van der Waals surface area contributed by atoms with E-state index in [9.17, 15) is 4.79 Å². The molecule has 0 aromatic heterocycles. The van der Waals surface area contributed by atoms with Gasteiger partial charge in [0.25, 0.3) is 0 Å². The molecule has 0 atom stereocenters. The summed E-state index contributed by atoms with van der Waals surface area (Å²) >= 11 is 0. The molecule has 0 N–H and O–H groups in total. The summed E-state index contributed by atoms with van der Waals surface area (Å²) in [5, 5.41) is 8.80. The van der Waals surface area contributed by atoms with Crippen LogP contribution in [0.3, 0.4) is 0 Å². The molecule has 0 amide bonds. The smallest absolute Gasteiger partial charge is 0.333 e. The topological polar surface area (TPSA) is 59.3 Å². The van der Waals surface area contributed by atoms with E-state index in [0.717, 1.165) is 11.1 Å². The molecule has 2 aromatic rings. The van der Waals surface area contributed by atoms with Crippen LogP contribution in [0.25, 0.3) is 11.1 Å². The Balaban J connectivity index is 1.88. The highest BCUT2D eigenvalue weighted by Crippen LogP contribution is 2.22. The highest BCUT2D eigenvalue weighted by Gasteiger charge is 2.03. The van der Waals surface area contributed by atoms with Gasteiger partial charge in [-0.25, -0.2) is 4.79 Å². The molecule has 2 rings (SSSR count). The van der Waals surface area contributed by atoms with E-state index in [2.05, 4.69) is 12.6 Å². The Labute approximate surface area is 135 Å². The lowest BCUT2D eigenvalue weighted by atomic mass is 10.0. The molecule has 0 unspecified atom stereocenters. The van der Waals surface area contributed by atoms with E-state index in [0.29, 0.717) is 16.9 Å². The largest absolute Gasteiger partial charge is 0.490 e. The molecule has 0 aliphatic carbocycles. The first-order chi connectivity index (χ1) is 11.1. The summed E-state index contributed by atoms with van der Waals surface area (Å²) in [7, 11) is 0. The van der Waals surface area contributed by atoms with Crippen molar-refractivity contribution >= 4 is 5.97 Å². The Bertz CT molecular complexity index is 725. The first kappa shape index (κ1) is 16.3. The van der Waals surface area contributed by atoms with Gasteiger partial charge in [-0.05, 0) is 42.3 Å². The Morgan fingerprint density at radius 3 is 2.13 bits per heavy atom. The summed E-state index contributed by atoms with van der Waals surface area (Å²) in [6, 6.07) is 17.1. The summed E-state index contributed by atoms with van der Waals surface area (Å²) in [6.45, 7) is 5.58. The van der Waals surface area contributed by atoms with Gasteiger partial charge < -0.3 is 9.47 Å². The standard InChI is InChI=1S/C19H17NO3/c1-14(2)19(21)23-12-11-22-18-9-7-17(8-10-18)16-5-3-15(13-20)4-6-16/h3-10H,1,11-12H2,2H3. The van der Waals surface area contributed by atoms with Crippen LogP contribution in [-0.4, -0.2) is 19.2 Å². The summed E-state index contributed by atoms with van der Waals surface area (Å²) < 4.78 is 10.5. The average molecular weight is 307 g/mol. The minimum atomic E-state index is -0.412. The monoisotopic (exact) mass is 307 g/mol. The minimum Gasteiger partial charge on any atom is -0.490 e. The lowest BCUT2D eigenvalue weighted by Gasteiger charge is -2.08. The van der Waals surface area contributed by atoms with Gasteiger partial charge in [0.05, 0.1) is 11.6 Å². The zero-order chi connectivity index (χ0) is 16.7. The third-order valence-electron chi connectivity index (χ3n) is 3.14. The zero-order valence-corrected chi connectivity index (χ0v) is 12.9. The van der Waals surface area contributed by atoms with E-state index in [1.54, 1.807) is 19.1 Å². The van der Waals surface area contributed by atoms with Crippen molar-refractivity contribution in [3.8, 4) is 22.9 Å². The molecule has 0 spiro atoms. The number of benzene rings is 2. The van der Waals surface area contributed by atoms with Gasteiger partial charge in [0.1, 0.15) is 19.0 Å². The van der Waals surface area contributed by atoms with E-state index >= 15 is 0 Å². The molecule has 0 aliphatic heterocycles. The van der Waals surface area contributed by atoms with Crippen molar-refractivity contribution in [1.29, 1.82) is 5.26 Å². The lowest BCUT2D eigenvalue weighted by Crippen LogP contribution is -2.12. The number of hydrogen-bond donors (Lipinski definition) is 0. The van der Waals surface area contributed by atoms with Crippen molar-refractivity contribution in [3.05, 3.63) is 66.2 Å².